The van der Waals surface area contributed by atoms with Crippen molar-refractivity contribution in [1.82, 2.24) is 24.2 Å². The topological polar surface area (TPSA) is 120 Å². The lowest BCUT2D eigenvalue weighted by atomic mass is 10.1. The van der Waals surface area contributed by atoms with Gasteiger partial charge in [-0.25, -0.2) is 22.8 Å². The SMILES string of the molecule is C[C@H](Nc1cc(C(=O)N2CCN(S(C)(=O)=O)CC2)cc(Nc2cnccn2)n1)c1ccc(F)cc1. The van der Waals surface area contributed by atoms with Crippen molar-refractivity contribution in [2.45, 2.75) is 13.0 Å². The Morgan fingerprint density at radius 1 is 1.03 bits per heavy atom. The Kier molecular flexibility index (Phi) is 7.22. The van der Waals surface area contributed by atoms with E-state index in [9.17, 15) is 17.6 Å². The van der Waals surface area contributed by atoms with Crippen molar-refractivity contribution in [2.24, 2.45) is 0 Å². The van der Waals surface area contributed by atoms with Crippen LogP contribution in [0.2, 0.25) is 0 Å². The van der Waals surface area contributed by atoms with Crippen LogP contribution < -0.4 is 10.6 Å². The highest BCUT2D eigenvalue weighted by molar-refractivity contribution is 7.88. The molecule has 4 rings (SSSR count). The molecule has 1 atom stereocenters. The standard InChI is InChI=1S/C23H26FN7O3S/c1-16(17-3-5-19(24)6-4-17)27-20-13-18(14-21(28-20)29-22-15-25-7-8-26-22)23(32)30-9-11-31(12-10-30)35(2,33)34/h3-8,13-16H,9-12H2,1-2H3,(H2,26,27,28,29)/t16-/m0/s1. The molecule has 0 spiro atoms. The fourth-order valence-electron chi connectivity index (χ4n) is 3.75. The van der Waals surface area contributed by atoms with Crippen LogP contribution in [0, 0.1) is 5.82 Å². The van der Waals surface area contributed by atoms with Crippen LogP contribution in [0.3, 0.4) is 0 Å². The number of carbonyl (C=O) groups excluding carboxylic acids is 1. The highest BCUT2D eigenvalue weighted by atomic mass is 32.2. The first-order chi connectivity index (χ1) is 16.7. The van der Waals surface area contributed by atoms with Crippen molar-refractivity contribution >= 4 is 33.4 Å². The summed E-state index contributed by atoms with van der Waals surface area (Å²) in [5.41, 5.74) is 1.23. The molecule has 35 heavy (non-hydrogen) atoms. The molecular formula is C23H26FN7O3S. The van der Waals surface area contributed by atoms with Crippen LogP contribution in [0.15, 0.2) is 55.0 Å². The molecule has 184 valence electrons. The molecule has 1 aliphatic rings. The molecule has 1 fully saturated rings. The van der Waals surface area contributed by atoms with Crippen LogP contribution in [0.5, 0.6) is 0 Å². The number of pyridine rings is 1. The molecule has 0 radical (unpaired) electrons. The molecule has 0 unspecified atom stereocenters. The Hall–Kier alpha value is -3.64. The van der Waals surface area contributed by atoms with Crippen molar-refractivity contribution in [3.05, 3.63) is 71.9 Å². The fraction of sp³-hybridized carbons (Fsp3) is 0.304. The first-order valence-corrected chi connectivity index (χ1v) is 12.9. The number of benzene rings is 1. The fourth-order valence-corrected chi connectivity index (χ4v) is 4.58. The van der Waals surface area contributed by atoms with E-state index >= 15 is 0 Å². The molecule has 1 saturated heterocycles. The minimum atomic E-state index is -3.30. The number of piperazine rings is 1. The minimum absolute atomic E-state index is 0.212. The first-order valence-electron chi connectivity index (χ1n) is 11.0. The molecular weight excluding hydrogens is 473 g/mol. The van der Waals surface area contributed by atoms with Crippen LogP contribution in [0.1, 0.15) is 28.9 Å². The summed E-state index contributed by atoms with van der Waals surface area (Å²) in [7, 11) is -3.30. The lowest BCUT2D eigenvalue weighted by molar-refractivity contribution is 0.0698. The second kappa shape index (κ2) is 10.3. The van der Waals surface area contributed by atoms with Crippen LogP contribution in [0.25, 0.3) is 0 Å². The number of amides is 1. The number of nitrogens with one attached hydrogen (secondary N) is 2. The Morgan fingerprint density at radius 3 is 2.34 bits per heavy atom. The average Bonchev–Trinajstić information content (AvgIpc) is 2.84. The van der Waals surface area contributed by atoms with E-state index in [1.807, 2.05) is 6.92 Å². The number of halogens is 1. The predicted octanol–water partition coefficient (Wildman–Crippen LogP) is 2.64. The summed E-state index contributed by atoms with van der Waals surface area (Å²) in [5, 5.41) is 6.32. The van der Waals surface area contributed by atoms with E-state index < -0.39 is 10.0 Å². The molecule has 12 heteroatoms. The second-order valence-corrected chi connectivity index (χ2v) is 10.2. The van der Waals surface area contributed by atoms with Gasteiger partial charge in [-0.1, -0.05) is 12.1 Å². The zero-order chi connectivity index (χ0) is 25.0. The van der Waals surface area contributed by atoms with E-state index in [1.165, 1.54) is 28.8 Å². The molecule has 1 aromatic carbocycles. The van der Waals surface area contributed by atoms with E-state index in [4.69, 9.17) is 0 Å². The maximum atomic E-state index is 13.3. The molecule has 0 saturated carbocycles. The van der Waals surface area contributed by atoms with Gasteiger partial charge in [0.1, 0.15) is 23.3 Å². The molecule has 2 aromatic heterocycles. The lowest BCUT2D eigenvalue weighted by Crippen LogP contribution is -2.50. The normalized spacial score (nSPS) is 15.5. The van der Waals surface area contributed by atoms with Gasteiger partial charge in [0.25, 0.3) is 5.91 Å². The third kappa shape index (κ3) is 6.28. The minimum Gasteiger partial charge on any atom is -0.363 e. The summed E-state index contributed by atoms with van der Waals surface area (Å²) in [4.78, 5) is 27.7. The van der Waals surface area contributed by atoms with Gasteiger partial charge in [-0.2, -0.15) is 4.31 Å². The van der Waals surface area contributed by atoms with Gasteiger partial charge in [0, 0.05) is 50.2 Å². The van der Waals surface area contributed by atoms with Crippen LogP contribution in [0.4, 0.5) is 21.8 Å². The quantitative estimate of drug-likeness (QED) is 0.509. The predicted molar refractivity (Wildman–Crippen MR) is 130 cm³/mol. The van der Waals surface area contributed by atoms with Gasteiger partial charge in [0.2, 0.25) is 10.0 Å². The first kappa shape index (κ1) is 24.5. The third-order valence-corrected chi connectivity index (χ3v) is 6.92. The number of hydrogen-bond donors (Lipinski definition) is 2. The average molecular weight is 500 g/mol. The van der Waals surface area contributed by atoms with E-state index in [0.717, 1.165) is 11.8 Å². The van der Waals surface area contributed by atoms with Gasteiger partial charge < -0.3 is 15.5 Å². The maximum absolute atomic E-state index is 13.3. The van der Waals surface area contributed by atoms with Gasteiger partial charge >= 0.3 is 0 Å². The van der Waals surface area contributed by atoms with Crippen molar-refractivity contribution in [2.75, 3.05) is 43.1 Å². The zero-order valence-electron chi connectivity index (χ0n) is 19.3. The van der Waals surface area contributed by atoms with Crippen molar-refractivity contribution in [3.63, 3.8) is 0 Å². The molecule has 10 nitrogen and oxygen atoms in total. The van der Waals surface area contributed by atoms with E-state index in [1.54, 1.807) is 35.4 Å². The number of hydrogen-bond acceptors (Lipinski definition) is 8. The Balaban J connectivity index is 1.58. The van der Waals surface area contributed by atoms with Gasteiger partial charge in [-0.15, -0.1) is 0 Å². The summed E-state index contributed by atoms with van der Waals surface area (Å²) < 4.78 is 38.3. The second-order valence-electron chi connectivity index (χ2n) is 8.21. The van der Waals surface area contributed by atoms with Crippen molar-refractivity contribution < 1.29 is 17.6 Å². The summed E-state index contributed by atoms with van der Waals surface area (Å²) in [5.74, 6) is 0.732. The van der Waals surface area contributed by atoms with Crippen LogP contribution >= 0.6 is 0 Å². The number of carbonyl (C=O) groups is 1. The molecule has 1 aliphatic heterocycles. The van der Waals surface area contributed by atoms with Crippen LogP contribution in [-0.4, -0.2) is 70.9 Å². The highest BCUT2D eigenvalue weighted by Gasteiger charge is 2.27. The van der Waals surface area contributed by atoms with Crippen LogP contribution in [-0.2, 0) is 10.0 Å². The van der Waals surface area contributed by atoms with Crippen molar-refractivity contribution in [1.29, 1.82) is 0 Å². The zero-order valence-corrected chi connectivity index (χ0v) is 20.2. The van der Waals surface area contributed by atoms with Crippen molar-refractivity contribution in [3.8, 4) is 0 Å². The lowest BCUT2D eigenvalue weighted by Gasteiger charge is -2.33. The summed E-state index contributed by atoms with van der Waals surface area (Å²) in [6.07, 6.45) is 5.78. The molecule has 3 aromatic rings. The van der Waals surface area contributed by atoms with Gasteiger partial charge in [-0.3, -0.25) is 9.78 Å². The summed E-state index contributed by atoms with van der Waals surface area (Å²) in [6, 6.07) is 9.19. The molecule has 2 N–H and O–H groups in total. The Morgan fingerprint density at radius 2 is 1.71 bits per heavy atom. The summed E-state index contributed by atoms with van der Waals surface area (Å²) >= 11 is 0. The smallest absolute Gasteiger partial charge is 0.254 e. The summed E-state index contributed by atoms with van der Waals surface area (Å²) in [6.45, 7) is 2.97. The van der Waals surface area contributed by atoms with E-state index in [2.05, 4.69) is 25.6 Å². The molecule has 0 bridgehead atoms. The third-order valence-electron chi connectivity index (χ3n) is 5.62. The maximum Gasteiger partial charge on any atom is 0.254 e. The number of rotatable bonds is 7. The largest absolute Gasteiger partial charge is 0.363 e. The number of anilines is 3. The van der Waals surface area contributed by atoms with E-state index in [-0.39, 0.29) is 43.9 Å². The molecule has 0 aliphatic carbocycles. The number of aromatic nitrogens is 3. The molecule has 3 heterocycles. The Bertz CT molecular complexity index is 1280. The Labute approximate surface area is 203 Å². The molecule has 1 amide bonds. The van der Waals surface area contributed by atoms with Gasteiger partial charge in [0.05, 0.1) is 12.5 Å². The van der Waals surface area contributed by atoms with Gasteiger partial charge in [0.15, 0.2) is 0 Å². The number of sulfonamides is 1. The van der Waals surface area contributed by atoms with Gasteiger partial charge in [-0.05, 0) is 36.8 Å². The monoisotopic (exact) mass is 499 g/mol. The van der Waals surface area contributed by atoms with E-state index in [0.29, 0.717) is 23.0 Å². The number of nitrogens with zero attached hydrogens (tertiary/aromatic N) is 5. The highest BCUT2D eigenvalue weighted by Crippen LogP contribution is 2.24.